The van der Waals surface area contributed by atoms with Gasteiger partial charge in [-0.2, -0.15) is 0 Å². The number of hydrogen-bond acceptors (Lipinski definition) is 1. The van der Waals surface area contributed by atoms with Crippen molar-refractivity contribution in [3.05, 3.63) is 116 Å². The van der Waals surface area contributed by atoms with Crippen molar-refractivity contribution >= 4 is 49.8 Å². The number of carbonyl (C=O) groups excluding carboxylic acids is 1. The number of ketones is 1. The summed E-state index contributed by atoms with van der Waals surface area (Å²) in [5, 5.41) is 0. The van der Waals surface area contributed by atoms with E-state index in [0.29, 0.717) is 5.92 Å². The first-order valence-electron chi connectivity index (χ1n) is 9.60. The summed E-state index contributed by atoms with van der Waals surface area (Å²) in [5.74, 6) is 0.459. The van der Waals surface area contributed by atoms with Crippen LogP contribution in [0, 0.1) is 0 Å². The van der Waals surface area contributed by atoms with Crippen LogP contribution in [-0.4, -0.2) is 5.78 Å². The summed E-state index contributed by atoms with van der Waals surface area (Å²) in [6, 6.07) is 26.7. The van der Waals surface area contributed by atoms with Gasteiger partial charge in [-0.15, -0.1) is 0 Å². The van der Waals surface area contributed by atoms with E-state index in [1.807, 2.05) is 66.7 Å². The van der Waals surface area contributed by atoms with Crippen LogP contribution in [0.15, 0.2) is 99.0 Å². The van der Waals surface area contributed by atoms with E-state index in [9.17, 15) is 4.79 Å². The van der Waals surface area contributed by atoms with Gasteiger partial charge in [0.15, 0.2) is 5.78 Å². The molecule has 0 aliphatic heterocycles. The number of halogens is 2. The summed E-state index contributed by atoms with van der Waals surface area (Å²) in [5.41, 5.74) is 5.12. The number of allylic oxidation sites excluding steroid dienone is 2. The van der Waals surface area contributed by atoms with Crippen LogP contribution in [0.5, 0.6) is 0 Å². The number of rotatable bonds is 3. The third-order valence-corrected chi connectivity index (χ3v) is 6.27. The molecule has 1 aliphatic carbocycles. The fourth-order valence-corrected chi connectivity index (χ4v) is 4.25. The summed E-state index contributed by atoms with van der Waals surface area (Å²) in [7, 11) is 0. The molecule has 1 nitrogen and oxygen atoms in total. The van der Waals surface area contributed by atoms with E-state index in [0.717, 1.165) is 44.1 Å². The summed E-state index contributed by atoms with van der Waals surface area (Å²) >= 11 is 6.95. The Morgan fingerprint density at radius 1 is 0.655 bits per heavy atom. The molecule has 0 radical (unpaired) electrons. The van der Waals surface area contributed by atoms with Crippen LogP contribution in [-0.2, 0) is 4.79 Å². The molecule has 29 heavy (non-hydrogen) atoms. The Morgan fingerprint density at radius 3 is 1.55 bits per heavy atom. The van der Waals surface area contributed by atoms with Crippen LogP contribution in [0.1, 0.15) is 35.4 Å². The maximum atomic E-state index is 13.3. The number of Topliss-reactive ketones (excluding diaryl/α,β-unsaturated/α-hetero) is 1. The highest BCUT2D eigenvalue weighted by Crippen LogP contribution is 2.38. The summed E-state index contributed by atoms with van der Waals surface area (Å²) in [6.07, 6.45) is 5.60. The van der Waals surface area contributed by atoms with E-state index in [4.69, 9.17) is 0 Å². The lowest BCUT2D eigenvalue weighted by atomic mass is 9.77. The van der Waals surface area contributed by atoms with Crippen molar-refractivity contribution < 1.29 is 4.79 Å². The second-order valence-corrected chi connectivity index (χ2v) is 9.12. The molecule has 0 spiro atoms. The highest BCUT2D eigenvalue weighted by molar-refractivity contribution is 9.10. The Morgan fingerprint density at radius 2 is 1.10 bits per heavy atom. The minimum atomic E-state index is 0.156. The largest absolute Gasteiger partial charge is 0.289 e. The fraction of sp³-hybridized carbons (Fsp3) is 0.115. The van der Waals surface area contributed by atoms with Crippen molar-refractivity contribution in [2.24, 2.45) is 0 Å². The minimum Gasteiger partial charge on any atom is -0.289 e. The van der Waals surface area contributed by atoms with Crippen LogP contribution in [0.4, 0.5) is 0 Å². The first kappa shape index (κ1) is 20.1. The van der Waals surface area contributed by atoms with Crippen LogP contribution < -0.4 is 0 Å². The number of carbonyl (C=O) groups is 1. The molecule has 0 bridgehead atoms. The molecule has 3 aromatic rings. The smallest absolute Gasteiger partial charge is 0.185 e. The summed E-state index contributed by atoms with van der Waals surface area (Å²) in [6.45, 7) is 0. The quantitative estimate of drug-likeness (QED) is 0.330. The van der Waals surface area contributed by atoms with Gasteiger partial charge in [0.2, 0.25) is 0 Å². The molecule has 3 heteroatoms. The van der Waals surface area contributed by atoms with Crippen molar-refractivity contribution in [1.82, 2.24) is 0 Å². The molecule has 0 N–H and O–H groups in total. The summed E-state index contributed by atoms with van der Waals surface area (Å²) in [4.78, 5) is 13.3. The van der Waals surface area contributed by atoms with Crippen molar-refractivity contribution in [2.45, 2.75) is 18.8 Å². The highest BCUT2D eigenvalue weighted by atomic mass is 79.9. The Hall–Kier alpha value is -2.23. The fourth-order valence-electron chi connectivity index (χ4n) is 3.72. The minimum absolute atomic E-state index is 0.156. The van der Waals surface area contributed by atoms with E-state index in [1.165, 1.54) is 5.56 Å². The first-order valence-corrected chi connectivity index (χ1v) is 11.2. The Kier molecular flexibility index (Phi) is 6.27. The van der Waals surface area contributed by atoms with Crippen molar-refractivity contribution in [1.29, 1.82) is 0 Å². The molecule has 1 fully saturated rings. The van der Waals surface area contributed by atoms with Gasteiger partial charge in [0.1, 0.15) is 0 Å². The van der Waals surface area contributed by atoms with Crippen LogP contribution in [0.3, 0.4) is 0 Å². The molecular weight excluding hydrogens is 488 g/mol. The molecule has 0 amide bonds. The van der Waals surface area contributed by atoms with Crippen LogP contribution >= 0.6 is 31.9 Å². The van der Waals surface area contributed by atoms with Crippen molar-refractivity contribution in [2.75, 3.05) is 0 Å². The van der Waals surface area contributed by atoms with Crippen molar-refractivity contribution in [3.8, 4) is 0 Å². The summed E-state index contributed by atoms with van der Waals surface area (Å²) < 4.78 is 2.07. The zero-order valence-electron chi connectivity index (χ0n) is 15.8. The SMILES string of the molecule is O=C1/C(=C\c2ccc(Br)cc2)CC(c2ccccc2)C/C1=C\c1ccc(Br)cc1. The van der Waals surface area contributed by atoms with Crippen LogP contribution in [0.25, 0.3) is 12.2 Å². The molecule has 3 aromatic carbocycles. The molecule has 1 unspecified atom stereocenters. The van der Waals surface area contributed by atoms with Gasteiger partial charge in [-0.1, -0.05) is 86.5 Å². The van der Waals surface area contributed by atoms with Gasteiger partial charge >= 0.3 is 0 Å². The van der Waals surface area contributed by atoms with Gasteiger partial charge in [-0.3, -0.25) is 4.79 Å². The maximum absolute atomic E-state index is 13.3. The Balaban J connectivity index is 1.73. The van der Waals surface area contributed by atoms with E-state index < -0.39 is 0 Å². The Labute approximate surface area is 188 Å². The lowest BCUT2D eigenvalue weighted by Crippen LogP contribution is -2.19. The molecule has 1 aliphatic rings. The maximum Gasteiger partial charge on any atom is 0.185 e. The molecule has 0 saturated heterocycles. The lowest BCUT2D eigenvalue weighted by Gasteiger charge is -2.26. The Bertz CT molecular complexity index is 994. The second kappa shape index (κ2) is 9.06. The molecule has 0 heterocycles. The molecular formula is C26H20Br2O. The number of hydrogen-bond donors (Lipinski definition) is 0. The zero-order valence-corrected chi connectivity index (χ0v) is 19.0. The van der Waals surface area contributed by atoms with Crippen LogP contribution in [0.2, 0.25) is 0 Å². The zero-order chi connectivity index (χ0) is 20.2. The van der Waals surface area contributed by atoms with E-state index in [2.05, 4.69) is 56.1 Å². The van der Waals surface area contributed by atoms with Gasteiger partial charge in [-0.05, 0) is 71.9 Å². The van der Waals surface area contributed by atoms with E-state index in [1.54, 1.807) is 0 Å². The van der Waals surface area contributed by atoms with Gasteiger partial charge in [0.25, 0.3) is 0 Å². The average Bonchev–Trinajstić information content (AvgIpc) is 2.74. The van der Waals surface area contributed by atoms with Gasteiger partial charge in [-0.25, -0.2) is 0 Å². The van der Waals surface area contributed by atoms with Gasteiger partial charge < -0.3 is 0 Å². The lowest BCUT2D eigenvalue weighted by molar-refractivity contribution is -0.113. The predicted molar refractivity (Wildman–Crippen MR) is 128 cm³/mol. The molecule has 1 atom stereocenters. The molecule has 1 saturated carbocycles. The molecule has 4 rings (SSSR count). The molecule has 0 aromatic heterocycles. The average molecular weight is 508 g/mol. The predicted octanol–water partition coefficient (Wildman–Crippen LogP) is 7.83. The normalized spacial score (nSPS) is 19.7. The van der Waals surface area contributed by atoms with Gasteiger partial charge in [0.05, 0.1) is 0 Å². The monoisotopic (exact) mass is 506 g/mol. The topological polar surface area (TPSA) is 17.1 Å². The van der Waals surface area contributed by atoms with Crippen molar-refractivity contribution in [3.63, 3.8) is 0 Å². The van der Waals surface area contributed by atoms with E-state index >= 15 is 0 Å². The van der Waals surface area contributed by atoms with E-state index in [-0.39, 0.29) is 5.78 Å². The first-order chi connectivity index (χ1) is 14.1. The second-order valence-electron chi connectivity index (χ2n) is 7.29. The van der Waals surface area contributed by atoms with Gasteiger partial charge in [0, 0.05) is 20.1 Å². The third kappa shape index (κ3) is 5.04. The molecule has 144 valence electrons. The standard InChI is InChI=1S/C26H20Br2O/c27-24-10-6-18(7-11-24)14-22-16-21(20-4-2-1-3-5-20)17-23(26(22)29)15-19-8-12-25(28)13-9-19/h1-15,21H,16-17H2/b22-14-,23-15+. The highest BCUT2D eigenvalue weighted by Gasteiger charge is 2.28. The number of benzene rings is 3. The third-order valence-electron chi connectivity index (χ3n) is 5.21.